The molecule has 3 N–H and O–H groups in total. The van der Waals surface area contributed by atoms with Gasteiger partial charge in [0.2, 0.25) is 10.9 Å². The van der Waals surface area contributed by atoms with Crippen LogP contribution in [-0.2, 0) is 52.5 Å². The summed E-state index contributed by atoms with van der Waals surface area (Å²) in [5, 5.41) is 8.53. The van der Waals surface area contributed by atoms with Gasteiger partial charge in [0.25, 0.3) is 22.5 Å². The third-order valence-electron chi connectivity index (χ3n) is 16.1. The van der Waals surface area contributed by atoms with Crippen molar-refractivity contribution in [2.24, 2.45) is 10.7 Å². The Labute approximate surface area is 643 Å². The number of aromatic carboxylic acids is 1. The van der Waals surface area contributed by atoms with Gasteiger partial charge in [0.15, 0.2) is 35.1 Å². The number of fused-ring (bicyclic) bond motifs is 2. The first kappa shape index (κ1) is 87.1. The fraction of sp³-hybridized carbons (Fsp3) is 0.143. The van der Waals surface area contributed by atoms with Gasteiger partial charge >= 0.3 is 24.5 Å². The summed E-state index contributed by atoms with van der Waals surface area (Å²) in [5.41, 5.74) is 7.82. The number of carbonyl (C=O) groups excluding carboxylic acids is 5. The molecule has 12 rings (SSSR count). The van der Waals surface area contributed by atoms with E-state index in [4.69, 9.17) is 17.3 Å². The fourth-order valence-electron chi connectivity index (χ4n) is 10.8. The molecule has 17 nitrogen and oxygen atoms in total. The number of benzene rings is 6. The van der Waals surface area contributed by atoms with Crippen LogP contribution < -0.4 is 16.6 Å². The van der Waals surface area contributed by atoms with Gasteiger partial charge in [0.1, 0.15) is 22.7 Å². The predicted molar refractivity (Wildman–Crippen MR) is 408 cm³/mol. The number of nitrogens with two attached hydrogens (primary N) is 1. The maximum Gasteiger partial charge on any atom is 0.416 e. The van der Waals surface area contributed by atoms with Crippen LogP contribution in [-0.4, -0.2) is 88.7 Å². The molecule has 580 valence electrons. The Morgan fingerprint density at radius 2 is 0.973 bits per heavy atom. The number of allylic oxidation sites excluding steroid dienone is 6. The van der Waals surface area contributed by atoms with Gasteiger partial charge in [-0.15, -0.1) is 0 Å². The monoisotopic (exact) mass is 1580 g/mol. The van der Waals surface area contributed by atoms with E-state index in [-0.39, 0.29) is 58.2 Å². The Hall–Kier alpha value is -13.2. The molecule has 1 aliphatic rings. The van der Waals surface area contributed by atoms with E-state index >= 15 is 0 Å². The summed E-state index contributed by atoms with van der Waals surface area (Å²) >= 11 is 4.97. The lowest BCUT2D eigenvalue weighted by atomic mass is 9.97. The zero-order valence-electron chi connectivity index (χ0n) is 60.7. The number of halogens is 12. The van der Waals surface area contributed by atoms with Crippen molar-refractivity contribution < 1.29 is 82.2 Å². The van der Waals surface area contributed by atoms with Crippen LogP contribution in [0.4, 0.5) is 48.3 Å². The lowest BCUT2D eigenvalue weighted by Gasteiger charge is -2.16. The summed E-state index contributed by atoms with van der Waals surface area (Å²) in [6.07, 6.45) is 2.95. The molecule has 6 heterocycles. The lowest BCUT2D eigenvalue weighted by molar-refractivity contribution is -0.138. The second-order valence-corrected chi connectivity index (χ2v) is 24.7. The van der Waals surface area contributed by atoms with Crippen molar-refractivity contribution in [2.75, 3.05) is 14.1 Å². The van der Waals surface area contributed by atoms with E-state index in [0.29, 0.717) is 51.0 Å². The zero-order chi connectivity index (χ0) is 83.1. The van der Waals surface area contributed by atoms with Crippen LogP contribution in [0.15, 0.2) is 275 Å². The highest BCUT2D eigenvalue weighted by atomic mass is 35.5. The lowest BCUT2D eigenvalue weighted by Crippen LogP contribution is -2.20. The molecule has 0 fully saturated rings. The zero-order valence-corrected chi connectivity index (χ0v) is 61.4. The molecule has 0 unspecified atom stereocenters. The molecular formula is C84H67ClF11N8O9+. The van der Waals surface area contributed by atoms with Gasteiger partial charge in [-0.2, -0.15) is 43.9 Å². The molecule has 0 saturated heterocycles. The van der Waals surface area contributed by atoms with Crippen LogP contribution in [0.3, 0.4) is 0 Å². The van der Waals surface area contributed by atoms with Crippen LogP contribution in [0.1, 0.15) is 92.3 Å². The molecule has 113 heavy (non-hydrogen) atoms. The molecule has 5 aromatic heterocycles. The van der Waals surface area contributed by atoms with Crippen LogP contribution >= 0.6 is 11.6 Å². The number of pyridine rings is 5. The molecular weight excluding hydrogens is 1510 g/mol. The Bertz CT molecular complexity index is 5440. The van der Waals surface area contributed by atoms with Crippen LogP contribution in [0, 0.1) is 5.82 Å². The summed E-state index contributed by atoms with van der Waals surface area (Å²) in [4.78, 5) is 109. The average molecular weight is 1580 g/mol. The molecule has 11 aromatic rings. The van der Waals surface area contributed by atoms with Crippen LogP contribution in [0.5, 0.6) is 0 Å². The van der Waals surface area contributed by atoms with E-state index in [9.17, 15) is 91.8 Å². The number of carbonyl (C=O) groups is 6. The average Bonchev–Trinajstić information content (AvgIpc) is 0.779. The van der Waals surface area contributed by atoms with Crippen molar-refractivity contribution in [2.45, 2.75) is 65.9 Å². The highest BCUT2D eigenvalue weighted by molar-refractivity contribution is 6.67. The van der Waals surface area contributed by atoms with Gasteiger partial charge < -0.3 is 24.9 Å². The topological polar surface area (TPSA) is 247 Å². The maximum atomic E-state index is 13.2. The molecule has 0 spiro atoms. The van der Waals surface area contributed by atoms with Crippen molar-refractivity contribution in [1.82, 2.24) is 29.0 Å². The largest absolute Gasteiger partial charge is 0.477 e. The van der Waals surface area contributed by atoms with Gasteiger partial charge in [0.05, 0.1) is 44.9 Å². The number of hydrogen-bond acceptors (Lipinski definition) is 14. The third-order valence-corrected chi connectivity index (χ3v) is 16.3. The van der Waals surface area contributed by atoms with Crippen LogP contribution in [0.25, 0.3) is 55.4 Å². The summed E-state index contributed by atoms with van der Waals surface area (Å²) in [7, 11) is 3.75. The van der Waals surface area contributed by atoms with Crippen molar-refractivity contribution in [3.63, 3.8) is 0 Å². The molecule has 0 saturated carbocycles. The van der Waals surface area contributed by atoms with Crippen molar-refractivity contribution in [1.29, 1.82) is 0 Å². The predicted octanol–water partition coefficient (Wildman–Crippen LogP) is 18.0. The smallest absolute Gasteiger partial charge is 0.416 e. The minimum absolute atomic E-state index is 0.0129. The number of carboxylic acid groups (broad SMARTS) is 1. The Kier molecular flexibility index (Phi) is 30.4. The molecule has 0 radical (unpaired) electrons. The van der Waals surface area contributed by atoms with Gasteiger partial charge in [-0.05, 0) is 168 Å². The van der Waals surface area contributed by atoms with Gasteiger partial charge in [-0.25, -0.2) is 14.2 Å². The van der Waals surface area contributed by atoms with E-state index in [1.165, 1.54) is 94.2 Å². The third kappa shape index (κ3) is 23.9. The first-order chi connectivity index (χ1) is 53.4. The summed E-state index contributed by atoms with van der Waals surface area (Å²) < 4.78 is 146. The number of nitrogens with zero attached hydrogens (tertiary/aromatic N) is 7. The Morgan fingerprint density at radius 1 is 0.558 bits per heavy atom. The van der Waals surface area contributed by atoms with E-state index in [1.54, 1.807) is 119 Å². The van der Waals surface area contributed by atoms with Gasteiger partial charge in [-0.3, -0.25) is 43.5 Å². The normalized spacial score (nSPS) is 11.8. The molecule has 0 atom stereocenters. The summed E-state index contributed by atoms with van der Waals surface area (Å²) in [6.45, 7) is 6.31. The van der Waals surface area contributed by atoms with Crippen molar-refractivity contribution >= 4 is 74.2 Å². The number of carboxylic acids is 1. The number of ketones is 4. The molecule has 6 aromatic carbocycles. The highest BCUT2D eigenvalue weighted by Crippen LogP contribution is 2.37. The maximum absolute atomic E-state index is 13.2. The van der Waals surface area contributed by atoms with Crippen molar-refractivity contribution in [3.05, 3.63) is 337 Å². The fourth-order valence-corrected chi connectivity index (χ4v) is 11.0. The number of rotatable bonds is 16. The molecule has 1 aliphatic heterocycles. The molecule has 0 amide bonds. The second kappa shape index (κ2) is 39.5. The summed E-state index contributed by atoms with van der Waals surface area (Å²) in [5.74, 6) is -4.23. The first-order valence-electron chi connectivity index (χ1n) is 33.5. The van der Waals surface area contributed by atoms with E-state index in [2.05, 4.69) is 26.2 Å². The quantitative estimate of drug-likeness (QED) is 0.0174. The number of alkyl halides is 9. The number of Topliss-reactive ketones (excluding diaryl/α,β-unsaturated/α-hetero) is 3. The number of hydrogen-bond donors (Lipinski definition) is 2. The van der Waals surface area contributed by atoms with Crippen molar-refractivity contribution in [3.8, 4) is 33.4 Å². The SMILES string of the molecule is C/C=C(\C(C)=O)C(=O)C1=C(F)C=C[C+]=N1.CC(=O)/C=C/N(C)C.CC(=O)c1cn(Cc2ccccc2-c2cccc(C(F)(F)F)c2)c2cccnc2c1=O.NCc1ccccc1-c1cccc(C(F)(F)F)c1.O=C(Cl)c1ncccc1F.O=C(O)c1cn(Cc2ccccc2-c2cccc(C(F)(F)F)c2)c2cccnc2c1=O. The second-order valence-electron chi connectivity index (χ2n) is 24.4. The minimum atomic E-state index is -4.47. The molecule has 0 bridgehead atoms. The van der Waals surface area contributed by atoms with Gasteiger partial charge in [-0.1, -0.05) is 120 Å². The minimum Gasteiger partial charge on any atom is -0.477 e. The standard InChI is InChI=1S/C24H17F3N2O2.C23H15F3N2O3.C14H12F3N.C11H9FNO2.C6H3ClFNO.C6H11NO/c1-15(30)20-14-29(21-10-5-11-28-22(21)23(20)31)13-17-6-2-3-9-19(17)16-7-4-8-18(12-16)24(25,26)27;24-23(25,26)16-7-3-6-14(11-16)17-8-2-1-5-15(17)12-28-13-18(22(30)31)21(29)20-19(28)9-4-10-27-20;15-14(16,17)12-6-3-5-10(8-12)13-7-2-1-4-11(13)9-18;1-3-8(7(2)14)11(15)10-9(12)5-4-6-13-10;7-6(10)5-4(8)2-1-3-9-5;1-6(8)4-5-7(2)3/h2-12,14H,13H2,1H3;1-11,13H,12H2,(H,30,31);1-8H,9,18H2;3-5H,1-2H3;1-3H;4-5H,1-3H3/q;;;+1;;/b;;;8-3+;;5-4+. The van der Waals surface area contributed by atoms with Gasteiger partial charge in [0, 0.05) is 70.9 Å². The highest BCUT2D eigenvalue weighted by Gasteiger charge is 2.34. The Morgan fingerprint density at radius 3 is 1.34 bits per heavy atom. The van der Waals surface area contributed by atoms with E-state index in [1.807, 2.05) is 37.2 Å². The van der Waals surface area contributed by atoms with Crippen LogP contribution in [0.2, 0.25) is 0 Å². The Balaban J connectivity index is 0.000000200. The number of aliphatic imine (C=N–C) groups is 1. The number of aromatic nitrogens is 5. The van der Waals surface area contributed by atoms with E-state index in [0.717, 1.165) is 65.2 Å². The first-order valence-corrected chi connectivity index (χ1v) is 33.9. The summed E-state index contributed by atoms with van der Waals surface area (Å²) in [6, 6.07) is 45.8. The van der Waals surface area contributed by atoms with E-state index < -0.39 is 86.1 Å². The molecule has 0 aliphatic carbocycles. The molecule has 29 heteroatoms.